The molecule has 0 unspecified atom stereocenters. The van der Waals surface area contributed by atoms with Crippen LogP contribution in [0.2, 0.25) is 0 Å². The molecule has 0 atom stereocenters. The molecule has 0 spiro atoms. The third-order valence-corrected chi connectivity index (χ3v) is 2.06. The zero-order valence-electron chi connectivity index (χ0n) is 9.30. The van der Waals surface area contributed by atoms with E-state index in [-0.39, 0.29) is 0 Å². The normalized spacial score (nSPS) is 15.2. The van der Waals surface area contributed by atoms with Crippen LogP contribution in [0.5, 0.6) is 0 Å². The largest absolute Gasteiger partial charge is 0.351 e. The Morgan fingerprint density at radius 1 is 1.07 bits per heavy atom. The van der Waals surface area contributed by atoms with E-state index in [1.54, 1.807) is 4.90 Å². The second-order valence-corrected chi connectivity index (χ2v) is 2.93. The predicted molar refractivity (Wildman–Crippen MR) is 55.8 cm³/mol. The summed E-state index contributed by atoms with van der Waals surface area (Å²) < 4.78 is 0. The molecule has 4 heteroatoms. The minimum atomic E-state index is -0.503. The van der Waals surface area contributed by atoms with E-state index in [1.807, 2.05) is 13.8 Å². The molecule has 82 valence electrons. The molecule has 0 aromatic carbocycles. The Hall–Kier alpha value is -1.06. The minimum Gasteiger partial charge on any atom is -0.351 e. The first-order chi connectivity index (χ1) is 6.75. The number of nitrogens with one attached hydrogen (secondary N) is 1. The molecule has 0 aliphatic carbocycles. The molecular weight excluding hydrogens is 180 g/mol. The van der Waals surface area contributed by atoms with Gasteiger partial charge >= 0.3 is 11.8 Å². The summed E-state index contributed by atoms with van der Waals surface area (Å²) in [5.41, 5.74) is 0. The van der Waals surface area contributed by atoms with Crippen molar-refractivity contribution < 1.29 is 9.59 Å². The molecule has 0 radical (unpaired) electrons. The lowest BCUT2D eigenvalue weighted by Gasteiger charge is -2.25. The van der Waals surface area contributed by atoms with E-state index in [1.165, 1.54) is 7.05 Å². The number of likely N-dealkylation sites (N-methyl/N-ethyl adjacent to an activating group) is 1. The standard InChI is InChI=1S/C8H14N2O2.C2H6/c1-9-7(11)8(12)10-5-3-2-4-6-10;1-2/h2-6H2,1H3,(H,9,11);1-2H3. The molecule has 0 aromatic heterocycles. The number of carbonyl (C=O) groups is 2. The monoisotopic (exact) mass is 200 g/mol. The third kappa shape index (κ3) is 3.77. The van der Waals surface area contributed by atoms with Gasteiger partial charge in [0.25, 0.3) is 0 Å². The lowest BCUT2D eigenvalue weighted by atomic mass is 10.1. The summed E-state index contributed by atoms with van der Waals surface area (Å²) in [6.07, 6.45) is 3.20. The smallest absolute Gasteiger partial charge is 0.311 e. The summed E-state index contributed by atoms with van der Waals surface area (Å²) in [5, 5.41) is 2.33. The highest BCUT2D eigenvalue weighted by molar-refractivity contribution is 6.34. The number of carbonyl (C=O) groups excluding carboxylic acids is 2. The van der Waals surface area contributed by atoms with Crippen molar-refractivity contribution in [3.63, 3.8) is 0 Å². The highest BCUT2D eigenvalue weighted by Crippen LogP contribution is 2.08. The van der Waals surface area contributed by atoms with E-state index in [0.717, 1.165) is 32.4 Å². The highest BCUT2D eigenvalue weighted by atomic mass is 16.2. The molecule has 1 heterocycles. The number of likely N-dealkylation sites (tertiary alicyclic amines) is 1. The Morgan fingerprint density at radius 2 is 1.57 bits per heavy atom. The van der Waals surface area contributed by atoms with Gasteiger partial charge in [-0.2, -0.15) is 0 Å². The van der Waals surface area contributed by atoms with Crippen LogP contribution in [0.15, 0.2) is 0 Å². The first-order valence-electron chi connectivity index (χ1n) is 5.26. The summed E-state index contributed by atoms with van der Waals surface area (Å²) in [5.74, 6) is -0.894. The maximum atomic E-state index is 11.2. The van der Waals surface area contributed by atoms with Gasteiger partial charge in [-0.15, -0.1) is 0 Å². The van der Waals surface area contributed by atoms with Gasteiger partial charge in [-0.3, -0.25) is 9.59 Å². The van der Waals surface area contributed by atoms with E-state index < -0.39 is 11.8 Å². The van der Waals surface area contributed by atoms with Gasteiger partial charge in [0.15, 0.2) is 0 Å². The molecule has 14 heavy (non-hydrogen) atoms. The topological polar surface area (TPSA) is 49.4 Å². The molecule has 1 aliphatic heterocycles. The molecular formula is C10H20N2O2. The van der Waals surface area contributed by atoms with Crippen molar-refractivity contribution in [2.45, 2.75) is 33.1 Å². The molecule has 1 saturated heterocycles. The van der Waals surface area contributed by atoms with Crippen molar-refractivity contribution in [3.8, 4) is 0 Å². The molecule has 0 aromatic rings. The van der Waals surface area contributed by atoms with E-state index in [9.17, 15) is 9.59 Å². The zero-order valence-corrected chi connectivity index (χ0v) is 9.30. The lowest BCUT2D eigenvalue weighted by molar-refractivity contribution is -0.146. The van der Waals surface area contributed by atoms with Crippen LogP contribution in [0.3, 0.4) is 0 Å². The summed E-state index contributed by atoms with van der Waals surface area (Å²) >= 11 is 0. The van der Waals surface area contributed by atoms with E-state index in [2.05, 4.69) is 5.32 Å². The van der Waals surface area contributed by atoms with Gasteiger partial charge in [0.05, 0.1) is 0 Å². The van der Waals surface area contributed by atoms with Crippen LogP contribution in [-0.4, -0.2) is 36.9 Å². The average Bonchev–Trinajstić information content (AvgIpc) is 2.31. The van der Waals surface area contributed by atoms with E-state index in [4.69, 9.17) is 0 Å². The van der Waals surface area contributed by atoms with Crippen LogP contribution in [0.4, 0.5) is 0 Å². The quantitative estimate of drug-likeness (QED) is 0.587. The maximum absolute atomic E-state index is 11.2. The van der Waals surface area contributed by atoms with Gasteiger partial charge in [-0.1, -0.05) is 13.8 Å². The van der Waals surface area contributed by atoms with Crippen LogP contribution >= 0.6 is 0 Å². The van der Waals surface area contributed by atoms with E-state index in [0.29, 0.717) is 0 Å². The molecule has 0 saturated carbocycles. The lowest BCUT2D eigenvalue weighted by Crippen LogP contribution is -2.44. The van der Waals surface area contributed by atoms with Gasteiger partial charge in [0, 0.05) is 20.1 Å². The Labute approximate surface area is 85.7 Å². The number of hydrogen-bond acceptors (Lipinski definition) is 2. The maximum Gasteiger partial charge on any atom is 0.311 e. The molecule has 2 amide bonds. The molecule has 4 nitrogen and oxygen atoms in total. The van der Waals surface area contributed by atoms with Crippen molar-refractivity contribution in [1.82, 2.24) is 10.2 Å². The second-order valence-electron chi connectivity index (χ2n) is 2.93. The first kappa shape index (κ1) is 12.9. The second kappa shape index (κ2) is 7.35. The van der Waals surface area contributed by atoms with Gasteiger partial charge < -0.3 is 10.2 Å². The Morgan fingerprint density at radius 3 is 2.00 bits per heavy atom. The summed E-state index contributed by atoms with van der Waals surface area (Å²) in [6.45, 7) is 5.46. The van der Waals surface area contributed by atoms with Crippen LogP contribution in [0, 0.1) is 0 Å². The predicted octanol–water partition coefficient (Wildman–Crippen LogP) is 0.771. The van der Waals surface area contributed by atoms with Gasteiger partial charge in [-0.25, -0.2) is 0 Å². The van der Waals surface area contributed by atoms with E-state index >= 15 is 0 Å². The molecule has 1 N–H and O–H groups in total. The van der Waals surface area contributed by atoms with Crippen molar-refractivity contribution in [2.24, 2.45) is 0 Å². The van der Waals surface area contributed by atoms with Crippen LogP contribution in [0.1, 0.15) is 33.1 Å². The molecule has 0 bridgehead atoms. The third-order valence-electron chi connectivity index (χ3n) is 2.06. The van der Waals surface area contributed by atoms with Crippen molar-refractivity contribution >= 4 is 11.8 Å². The summed E-state index contributed by atoms with van der Waals surface area (Å²) in [6, 6.07) is 0. The van der Waals surface area contributed by atoms with Crippen LogP contribution in [0.25, 0.3) is 0 Å². The van der Waals surface area contributed by atoms with Gasteiger partial charge in [-0.05, 0) is 19.3 Å². The van der Waals surface area contributed by atoms with Gasteiger partial charge in [0.1, 0.15) is 0 Å². The summed E-state index contributed by atoms with van der Waals surface area (Å²) in [4.78, 5) is 23.8. The van der Waals surface area contributed by atoms with Crippen LogP contribution < -0.4 is 5.32 Å². The fraction of sp³-hybridized carbons (Fsp3) is 0.800. The number of amides is 2. The first-order valence-corrected chi connectivity index (χ1v) is 5.26. The highest BCUT2D eigenvalue weighted by Gasteiger charge is 2.21. The number of piperidine rings is 1. The minimum absolute atomic E-state index is 0.391. The molecule has 1 aliphatic rings. The Kier molecular flexibility index (Phi) is 6.80. The van der Waals surface area contributed by atoms with Crippen molar-refractivity contribution in [2.75, 3.05) is 20.1 Å². The Balaban J connectivity index is 0.000000791. The zero-order chi connectivity index (χ0) is 11.0. The molecule has 1 fully saturated rings. The van der Waals surface area contributed by atoms with Crippen molar-refractivity contribution in [1.29, 1.82) is 0 Å². The van der Waals surface area contributed by atoms with Crippen LogP contribution in [-0.2, 0) is 9.59 Å². The van der Waals surface area contributed by atoms with Gasteiger partial charge in [0.2, 0.25) is 0 Å². The summed E-state index contributed by atoms with van der Waals surface area (Å²) in [7, 11) is 1.48. The SMILES string of the molecule is CC.CNC(=O)C(=O)N1CCCCC1. The fourth-order valence-electron chi connectivity index (χ4n) is 1.35. The molecule has 1 rings (SSSR count). The Bertz CT molecular complexity index is 187. The number of rotatable bonds is 0. The number of nitrogens with zero attached hydrogens (tertiary/aromatic N) is 1. The average molecular weight is 200 g/mol. The van der Waals surface area contributed by atoms with Crippen molar-refractivity contribution in [3.05, 3.63) is 0 Å². The fourth-order valence-corrected chi connectivity index (χ4v) is 1.35. The number of hydrogen-bond donors (Lipinski definition) is 1.